The molecule has 2 heteroatoms. The first-order valence-corrected chi connectivity index (χ1v) is 5.94. The van der Waals surface area contributed by atoms with Crippen molar-refractivity contribution >= 4 is 16.3 Å². The number of likely N-dealkylation sites (N-methyl/N-ethyl adjacent to an activating group) is 1. The smallest absolute Gasteiger partial charge is 0.104 e. The summed E-state index contributed by atoms with van der Waals surface area (Å²) in [7, 11) is 6.57. The predicted octanol–water partition coefficient (Wildman–Crippen LogP) is 0.563. The summed E-state index contributed by atoms with van der Waals surface area (Å²) in [4.78, 5) is 0. The lowest BCUT2D eigenvalue weighted by atomic mass is 9.99. The molecule has 2 aromatic carbocycles. The molecule has 0 N–H and O–H groups in total. The third-order valence-electron chi connectivity index (χ3n) is 2.84. The van der Waals surface area contributed by atoms with Crippen molar-refractivity contribution in [1.29, 1.82) is 0 Å². The Morgan fingerprint density at radius 3 is 2.28 bits per heavy atom. The summed E-state index contributed by atoms with van der Waals surface area (Å²) in [5.41, 5.74) is 2.48. The highest BCUT2D eigenvalue weighted by Crippen LogP contribution is 2.25. The van der Waals surface area contributed by atoms with Gasteiger partial charge in [0.2, 0.25) is 0 Å². The van der Waals surface area contributed by atoms with E-state index in [-0.39, 0.29) is 24.0 Å². The highest BCUT2D eigenvalue weighted by atomic mass is 127. The van der Waals surface area contributed by atoms with E-state index < -0.39 is 0 Å². The van der Waals surface area contributed by atoms with Gasteiger partial charge in [-0.05, 0) is 16.3 Å². The Morgan fingerprint density at radius 1 is 1.00 bits per heavy atom. The minimum Gasteiger partial charge on any atom is -1.00 e. The zero-order valence-corrected chi connectivity index (χ0v) is 13.4. The van der Waals surface area contributed by atoms with Crippen LogP contribution >= 0.6 is 0 Å². The van der Waals surface area contributed by atoms with Crippen molar-refractivity contribution in [1.82, 2.24) is 0 Å². The lowest BCUT2D eigenvalue weighted by Crippen LogP contribution is -3.00. The molecule has 0 heterocycles. The van der Waals surface area contributed by atoms with Gasteiger partial charge in [0, 0.05) is 5.57 Å². The number of rotatable bonds is 3. The van der Waals surface area contributed by atoms with E-state index in [1.165, 1.54) is 21.9 Å². The van der Waals surface area contributed by atoms with Crippen LogP contribution in [0.2, 0.25) is 0 Å². The molecule has 0 aromatic heterocycles. The second-order valence-corrected chi connectivity index (χ2v) is 5.58. The predicted molar refractivity (Wildman–Crippen MR) is 75.9 cm³/mol. The van der Waals surface area contributed by atoms with Gasteiger partial charge in [0.05, 0.1) is 21.1 Å². The molecular formula is C16H20IN. The van der Waals surface area contributed by atoms with Gasteiger partial charge in [0.25, 0.3) is 0 Å². The Labute approximate surface area is 127 Å². The molecule has 0 saturated heterocycles. The molecule has 0 spiro atoms. The second kappa shape index (κ2) is 5.85. The fourth-order valence-electron chi connectivity index (χ4n) is 2.19. The number of nitrogens with zero attached hydrogens (tertiary/aromatic N) is 1. The van der Waals surface area contributed by atoms with Crippen molar-refractivity contribution in [3.8, 4) is 0 Å². The second-order valence-electron chi connectivity index (χ2n) is 5.58. The summed E-state index contributed by atoms with van der Waals surface area (Å²) in [6.45, 7) is 5.21. The van der Waals surface area contributed by atoms with E-state index >= 15 is 0 Å². The summed E-state index contributed by atoms with van der Waals surface area (Å²) in [6, 6.07) is 14.9. The van der Waals surface area contributed by atoms with Crippen LogP contribution in [0, 0.1) is 0 Å². The van der Waals surface area contributed by atoms with Crippen LogP contribution in [0.5, 0.6) is 0 Å². The monoisotopic (exact) mass is 353 g/mol. The van der Waals surface area contributed by atoms with E-state index in [1.54, 1.807) is 0 Å². The Hall–Kier alpha value is -0.870. The molecule has 1 nitrogen and oxygen atoms in total. The van der Waals surface area contributed by atoms with Gasteiger partial charge in [0.1, 0.15) is 6.54 Å². The minimum atomic E-state index is 0. The van der Waals surface area contributed by atoms with Crippen molar-refractivity contribution < 1.29 is 28.5 Å². The van der Waals surface area contributed by atoms with Crippen LogP contribution < -0.4 is 24.0 Å². The highest BCUT2D eigenvalue weighted by Gasteiger charge is 2.12. The first-order valence-electron chi connectivity index (χ1n) is 5.94. The van der Waals surface area contributed by atoms with E-state index in [2.05, 4.69) is 70.2 Å². The molecule has 2 aromatic rings. The normalized spacial score (nSPS) is 11.1. The molecule has 2 rings (SSSR count). The van der Waals surface area contributed by atoms with Crippen molar-refractivity contribution in [3.63, 3.8) is 0 Å². The van der Waals surface area contributed by atoms with Gasteiger partial charge in [0.15, 0.2) is 0 Å². The third kappa shape index (κ3) is 3.56. The average Bonchev–Trinajstić information content (AvgIpc) is 2.26. The van der Waals surface area contributed by atoms with E-state index in [1.807, 2.05) is 0 Å². The molecule has 0 radical (unpaired) electrons. The molecule has 0 unspecified atom stereocenters. The molecule has 0 bridgehead atoms. The summed E-state index contributed by atoms with van der Waals surface area (Å²) >= 11 is 0. The van der Waals surface area contributed by atoms with Gasteiger partial charge in [-0.3, -0.25) is 0 Å². The quantitative estimate of drug-likeness (QED) is 0.559. The molecular weight excluding hydrogens is 333 g/mol. The number of hydrogen-bond acceptors (Lipinski definition) is 0. The minimum absolute atomic E-state index is 0. The molecule has 0 atom stereocenters. The van der Waals surface area contributed by atoms with E-state index in [0.29, 0.717) is 0 Å². The van der Waals surface area contributed by atoms with Gasteiger partial charge in [-0.1, -0.05) is 49.0 Å². The molecule has 0 saturated carbocycles. The lowest BCUT2D eigenvalue weighted by Gasteiger charge is -2.25. The topological polar surface area (TPSA) is 0 Å². The van der Waals surface area contributed by atoms with Gasteiger partial charge < -0.3 is 28.5 Å². The van der Waals surface area contributed by atoms with Gasteiger partial charge in [-0.15, -0.1) is 0 Å². The fraction of sp³-hybridized carbons (Fsp3) is 0.250. The summed E-state index contributed by atoms with van der Waals surface area (Å²) in [5, 5.41) is 2.58. The first-order chi connectivity index (χ1) is 7.97. The van der Waals surface area contributed by atoms with Crippen LogP contribution in [0.15, 0.2) is 49.0 Å². The lowest BCUT2D eigenvalue weighted by molar-refractivity contribution is -0.862. The van der Waals surface area contributed by atoms with Crippen LogP contribution in [0.25, 0.3) is 16.3 Å². The zero-order chi connectivity index (χ0) is 12.5. The van der Waals surface area contributed by atoms with Gasteiger partial charge in [-0.25, -0.2) is 0 Å². The Balaban J connectivity index is 0.00000162. The van der Waals surface area contributed by atoms with Gasteiger partial charge in [-0.2, -0.15) is 0 Å². The highest BCUT2D eigenvalue weighted by molar-refractivity contribution is 5.93. The van der Waals surface area contributed by atoms with Crippen LogP contribution in [0.4, 0.5) is 0 Å². The Bertz CT molecular complexity index is 547. The zero-order valence-electron chi connectivity index (χ0n) is 11.3. The average molecular weight is 353 g/mol. The molecule has 0 aliphatic rings. The van der Waals surface area contributed by atoms with Crippen molar-refractivity contribution in [3.05, 3.63) is 54.6 Å². The van der Waals surface area contributed by atoms with Crippen LogP contribution in [-0.4, -0.2) is 32.2 Å². The maximum Gasteiger partial charge on any atom is 0.104 e. The van der Waals surface area contributed by atoms with E-state index in [4.69, 9.17) is 0 Å². The van der Waals surface area contributed by atoms with Gasteiger partial charge >= 0.3 is 0 Å². The van der Waals surface area contributed by atoms with Crippen LogP contribution in [0.3, 0.4) is 0 Å². The van der Waals surface area contributed by atoms with Crippen molar-refractivity contribution in [2.24, 2.45) is 0 Å². The molecule has 0 aliphatic carbocycles. The molecule has 0 fully saturated rings. The maximum atomic E-state index is 4.24. The molecule has 96 valence electrons. The van der Waals surface area contributed by atoms with Crippen LogP contribution in [0.1, 0.15) is 5.56 Å². The molecule has 0 aliphatic heterocycles. The van der Waals surface area contributed by atoms with Crippen LogP contribution in [-0.2, 0) is 0 Å². The number of quaternary nitrogens is 1. The summed E-state index contributed by atoms with van der Waals surface area (Å²) in [5.74, 6) is 0. The van der Waals surface area contributed by atoms with E-state index in [9.17, 15) is 0 Å². The SMILES string of the molecule is C=C(C[N+](C)(C)C)c1cccc2ccccc12.[I-]. The Morgan fingerprint density at radius 2 is 1.61 bits per heavy atom. The number of halogens is 1. The fourth-order valence-corrected chi connectivity index (χ4v) is 2.19. The van der Waals surface area contributed by atoms with Crippen molar-refractivity contribution in [2.45, 2.75) is 0 Å². The summed E-state index contributed by atoms with van der Waals surface area (Å²) in [6.07, 6.45) is 0. The maximum absolute atomic E-state index is 4.24. The molecule has 18 heavy (non-hydrogen) atoms. The standard InChI is InChI=1S/C16H20N.HI/c1-13(12-17(2,3)4)15-11-7-9-14-8-5-6-10-16(14)15;/h5-11H,1,12H2,2-4H3;1H/q+1;/p-1. The van der Waals surface area contributed by atoms with E-state index in [0.717, 1.165) is 11.0 Å². The molecule has 0 amide bonds. The third-order valence-corrected chi connectivity index (χ3v) is 2.84. The number of fused-ring (bicyclic) bond motifs is 1. The number of benzene rings is 2. The number of hydrogen-bond donors (Lipinski definition) is 0. The summed E-state index contributed by atoms with van der Waals surface area (Å²) < 4.78 is 0.905. The van der Waals surface area contributed by atoms with Crippen molar-refractivity contribution in [2.75, 3.05) is 27.7 Å². The largest absolute Gasteiger partial charge is 1.00 e. The first kappa shape index (κ1) is 15.2. The Kier molecular flexibility index (Phi) is 4.93.